The number of halogens is 1. The van der Waals surface area contributed by atoms with Crippen LogP contribution in [0.25, 0.3) is 0 Å². The Kier molecular flexibility index (Phi) is 8.72. The third-order valence-corrected chi connectivity index (χ3v) is 8.88. The lowest BCUT2D eigenvalue weighted by atomic mass is 9.72. The van der Waals surface area contributed by atoms with Crippen LogP contribution in [0.15, 0.2) is 24.5 Å². The van der Waals surface area contributed by atoms with E-state index in [0.29, 0.717) is 18.3 Å². The van der Waals surface area contributed by atoms with Gasteiger partial charge in [-0.25, -0.2) is 9.37 Å². The fourth-order valence-corrected chi connectivity index (χ4v) is 6.58. The van der Waals surface area contributed by atoms with Crippen LogP contribution in [0.1, 0.15) is 70.2 Å². The highest BCUT2D eigenvalue weighted by atomic mass is 19.1. The molecule has 2 atom stereocenters. The third-order valence-electron chi connectivity index (χ3n) is 8.88. The van der Waals surface area contributed by atoms with Gasteiger partial charge in [0.15, 0.2) is 5.82 Å². The molecule has 3 aliphatic heterocycles. The molecule has 1 N–H and O–H groups in total. The van der Waals surface area contributed by atoms with Gasteiger partial charge in [-0.1, -0.05) is 13.3 Å². The van der Waals surface area contributed by atoms with Crippen molar-refractivity contribution >= 4 is 17.6 Å². The number of aromatic nitrogens is 3. The lowest BCUT2D eigenvalue weighted by Gasteiger charge is -2.54. The molecule has 3 saturated heterocycles. The number of ether oxygens (including phenoxy) is 1. The Morgan fingerprint density at radius 1 is 1.22 bits per heavy atom. The number of hydrogen-bond acceptors (Lipinski definition) is 8. The van der Waals surface area contributed by atoms with E-state index < -0.39 is 5.82 Å². The number of hydrogen-bond donors (Lipinski definition) is 1. The molecule has 1 aromatic carbocycles. The molecular formula is C30H42FN7O3. The number of nitrogens with one attached hydrogen (secondary N) is 1. The zero-order valence-electron chi connectivity index (χ0n) is 24.6. The number of carbonyl (C=O) groups excluding carboxylic acids is 2. The SMILES string of the molecule is CCC[C@H]1CN[C@H](C(=O)N2CCC3(CC2)CN(c2ncnnc2Oc2ccc(F)cc2C(=O)N(CC)C(C)C)C3)C1. The molecule has 0 saturated carbocycles. The van der Waals surface area contributed by atoms with Crippen molar-refractivity contribution in [2.75, 3.05) is 44.2 Å². The molecule has 0 unspecified atom stereocenters. The summed E-state index contributed by atoms with van der Waals surface area (Å²) in [5.74, 6) is 0.951. The summed E-state index contributed by atoms with van der Waals surface area (Å²) >= 11 is 0. The molecule has 41 heavy (non-hydrogen) atoms. The minimum absolute atomic E-state index is 0.0431. The summed E-state index contributed by atoms with van der Waals surface area (Å²) in [6, 6.07) is 3.82. The molecule has 10 nitrogen and oxygen atoms in total. The summed E-state index contributed by atoms with van der Waals surface area (Å²) < 4.78 is 20.3. The highest BCUT2D eigenvalue weighted by Gasteiger charge is 2.47. The largest absolute Gasteiger partial charge is 0.434 e. The molecular weight excluding hydrogens is 525 g/mol. The Bertz CT molecular complexity index is 1240. The molecule has 0 aliphatic carbocycles. The quantitative estimate of drug-likeness (QED) is 0.487. The van der Waals surface area contributed by atoms with Crippen LogP contribution in [0.5, 0.6) is 11.6 Å². The fraction of sp³-hybridized carbons (Fsp3) is 0.633. The van der Waals surface area contributed by atoms with Crippen molar-refractivity contribution in [2.45, 2.75) is 71.9 Å². The Hall–Kier alpha value is -3.34. The van der Waals surface area contributed by atoms with Gasteiger partial charge >= 0.3 is 0 Å². The van der Waals surface area contributed by atoms with Crippen molar-refractivity contribution in [3.05, 3.63) is 35.9 Å². The maximum absolute atomic E-state index is 14.2. The molecule has 1 spiro atoms. The number of anilines is 1. The maximum Gasteiger partial charge on any atom is 0.282 e. The number of nitrogens with zero attached hydrogens (tertiary/aromatic N) is 6. The summed E-state index contributed by atoms with van der Waals surface area (Å²) in [4.78, 5) is 36.6. The number of carbonyl (C=O) groups is 2. The van der Waals surface area contributed by atoms with Crippen LogP contribution in [-0.4, -0.2) is 88.1 Å². The van der Waals surface area contributed by atoms with Gasteiger partial charge in [0.25, 0.3) is 11.8 Å². The Morgan fingerprint density at radius 2 is 1.98 bits per heavy atom. The van der Waals surface area contributed by atoms with Crippen LogP contribution < -0.4 is 15.0 Å². The molecule has 4 heterocycles. The topological polar surface area (TPSA) is 104 Å². The molecule has 222 valence electrons. The minimum atomic E-state index is -0.517. The van der Waals surface area contributed by atoms with E-state index >= 15 is 0 Å². The monoisotopic (exact) mass is 567 g/mol. The normalized spacial score (nSPS) is 21.7. The van der Waals surface area contributed by atoms with Crippen LogP contribution in [-0.2, 0) is 4.79 Å². The number of likely N-dealkylation sites (tertiary alicyclic amines) is 1. The first kappa shape index (κ1) is 29.2. The average molecular weight is 568 g/mol. The van der Waals surface area contributed by atoms with Crippen molar-refractivity contribution in [1.82, 2.24) is 30.3 Å². The van der Waals surface area contributed by atoms with Crippen LogP contribution >= 0.6 is 0 Å². The first-order valence-electron chi connectivity index (χ1n) is 15.0. The van der Waals surface area contributed by atoms with Gasteiger partial charge in [-0.2, -0.15) is 0 Å². The molecule has 3 fully saturated rings. The average Bonchev–Trinajstić information content (AvgIpc) is 3.42. The van der Waals surface area contributed by atoms with E-state index in [9.17, 15) is 14.0 Å². The number of benzene rings is 1. The second kappa shape index (κ2) is 12.3. The lowest BCUT2D eigenvalue weighted by molar-refractivity contribution is -0.135. The Labute approximate surface area is 241 Å². The van der Waals surface area contributed by atoms with Crippen LogP contribution in [0.3, 0.4) is 0 Å². The molecule has 5 rings (SSSR count). The van der Waals surface area contributed by atoms with Gasteiger partial charge in [0.2, 0.25) is 5.91 Å². The smallest absolute Gasteiger partial charge is 0.282 e. The minimum Gasteiger partial charge on any atom is -0.434 e. The van der Waals surface area contributed by atoms with Crippen molar-refractivity contribution in [3.8, 4) is 11.6 Å². The van der Waals surface area contributed by atoms with E-state index in [1.165, 1.54) is 30.9 Å². The van der Waals surface area contributed by atoms with E-state index in [4.69, 9.17) is 4.74 Å². The standard InChI is InChI=1S/C30H42FN7O3/c1-5-7-21-14-24(32-16-21)29(40)36-12-10-30(11-13-36)17-37(18-30)26-27(35-34-19-33-26)41-25-9-8-22(31)15-23(25)28(39)38(6-2)20(3)4/h8-9,15,19-21,24,32H,5-7,10-14,16-18H2,1-4H3/t21-,24+/m1/s1. The van der Waals surface area contributed by atoms with E-state index in [1.807, 2.05) is 25.7 Å². The van der Waals surface area contributed by atoms with E-state index in [1.54, 1.807) is 4.90 Å². The molecule has 0 radical (unpaired) electrons. The molecule has 2 amide bonds. The summed E-state index contributed by atoms with van der Waals surface area (Å²) in [6.45, 7) is 12.4. The molecule has 2 aromatic rings. The summed E-state index contributed by atoms with van der Waals surface area (Å²) in [6.07, 6.45) is 6.53. The Balaban J connectivity index is 1.23. The third kappa shape index (κ3) is 6.14. The van der Waals surface area contributed by atoms with Gasteiger partial charge < -0.3 is 24.8 Å². The van der Waals surface area contributed by atoms with Gasteiger partial charge in [-0.15, -0.1) is 10.2 Å². The van der Waals surface area contributed by atoms with E-state index in [0.717, 1.165) is 58.4 Å². The maximum atomic E-state index is 14.2. The van der Waals surface area contributed by atoms with Gasteiger partial charge in [-0.05, 0) is 77.1 Å². The van der Waals surface area contributed by atoms with Gasteiger partial charge in [0.05, 0.1) is 11.6 Å². The predicted molar refractivity (Wildman–Crippen MR) is 153 cm³/mol. The van der Waals surface area contributed by atoms with Crippen molar-refractivity contribution in [3.63, 3.8) is 0 Å². The predicted octanol–water partition coefficient (Wildman–Crippen LogP) is 3.88. The molecule has 11 heteroatoms. The number of piperidine rings is 1. The van der Waals surface area contributed by atoms with Crippen LogP contribution in [0.2, 0.25) is 0 Å². The van der Waals surface area contributed by atoms with Crippen molar-refractivity contribution in [2.24, 2.45) is 11.3 Å². The summed E-state index contributed by atoms with van der Waals surface area (Å²) in [5.41, 5.74) is 0.245. The van der Waals surface area contributed by atoms with Crippen LogP contribution in [0, 0.1) is 17.2 Å². The fourth-order valence-electron chi connectivity index (χ4n) is 6.58. The first-order chi connectivity index (χ1) is 19.7. The zero-order chi connectivity index (χ0) is 29.1. The summed E-state index contributed by atoms with van der Waals surface area (Å²) in [7, 11) is 0. The zero-order valence-corrected chi connectivity index (χ0v) is 24.6. The van der Waals surface area contributed by atoms with Gasteiger partial charge in [-0.3, -0.25) is 9.59 Å². The van der Waals surface area contributed by atoms with E-state index in [-0.39, 0.29) is 46.5 Å². The highest BCUT2D eigenvalue weighted by Crippen LogP contribution is 2.44. The second-order valence-electron chi connectivity index (χ2n) is 12.0. The van der Waals surface area contributed by atoms with Crippen molar-refractivity contribution < 1.29 is 18.7 Å². The summed E-state index contributed by atoms with van der Waals surface area (Å²) in [5, 5.41) is 11.5. The second-order valence-corrected chi connectivity index (χ2v) is 12.0. The van der Waals surface area contributed by atoms with Gasteiger partial charge in [0.1, 0.15) is 17.9 Å². The lowest BCUT2D eigenvalue weighted by Crippen LogP contribution is -2.62. The molecule has 3 aliphatic rings. The Morgan fingerprint density at radius 3 is 2.66 bits per heavy atom. The number of amides is 2. The number of rotatable bonds is 9. The van der Waals surface area contributed by atoms with Crippen molar-refractivity contribution in [1.29, 1.82) is 0 Å². The van der Waals surface area contributed by atoms with Crippen LogP contribution in [0.4, 0.5) is 10.2 Å². The molecule has 0 bridgehead atoms. The molecule has 1 aromatic heterocycles. The highest BCUT2D eigenvalue weighted by molar-refractivity contribution is 5.97. The van der Waals surface area contributed by atoms with Gasteiger partial charge in [0, 0.05) is 44.2 Å². The first-order valence-corrected chi connectivity index (χ1v) is 15.0. The van der Waals surface area contributed by atoms with E-state index in [2.05, 4.69) is 32.3 Å².